The third kappa shape index (κ3) is 1.10. The molecule has 2 heterocycles. The Bertz CT molecular complexity index is 737. The first-order valence-electron chi connectivity index (χ1n) is 5.22. The van der Waals surface area contributed by atoms with Crippen molar-refractivity contribution in [2.24, 2.45) is 0 Å². The molecule has 0 saturated carbocycles. The number of rotatable bonds is 0. The summed E-state index contributed by atoms with van der Waals surface area (Å²) < 4.78 is 6.08. The summed E-state index contributed by atoms with van der Waals surface area (Å²) in [6.45, 7) is 0. The molecule has 0 nitrogen and oxygen atoms in total. The topological polar surface area (TPSA) is 0 Å². The second kappa shape index (κ2) is 3.21. The van der Waals surface area contributed by atoms with Crippen molar-refractivity contribution >= 4 is 54.5 Å². The van der Waals surface area contributed by atoms with E-state index >= 15 is 0 Å². The molecule has 0 atom stereocenters. The number of thiophene rings is 1. The van der Waals surface area contributed by atoms with Crippen LogP contribution in [0.25, 0.3) is 28.7 Å². The minimum atomic E-state index is 0.505. The zero-order valence-electron chi connectivity index (χ0n) is 8.44. The molecule has 2 aromatic carbocycles. The Morgan fingerprint density at radius 3 is 2.50 bits per heavy atom. The Morgan fingerprint density at radius 2 is 1.56 bits per heavy atom. The van der Waals surface area contributed by atoms with Gasteiger partial charge < -0.3 is 0 Å². The summed E-state index contributed by atoms with van der Waals surface area (Å²) >= 11 is 2.45. The van der Waals surface area contributed by atoms with Crippen LogP contribution in [-0.4, -0.2) is 14.5 Å². The second-order valence-electron chi connectivity index (χ2n) is 3.85. The van der Waals surface area contributed by atoms with Gasteiger partial charge in [0.1, 0.15) is 0 Å². The van der Waals surface area contributed by atoms with E-state index in [9.17, 15) is 0 Å². The SMILES string of the molecule is c1ccc2c(c1)sc1c3ccccc3[se]c21. The van der Waals surface area contributed by atoms with Gasteiger partial charge in [0.25, 0.3) is 0 Å². The van der Waals surface area contributed by atoms with Crippen molar-refractivity contribution in [1.82, 2.24) is 0 Å². The summed E-state index contributed by atoms with van der Waals surface area (Å²) in [7, 11) is 0. The molecule has 0 unspecified atom stereocenters. The summed E-state index contributed by atoms with van der Waals surface area (Å²) in [6, 6.07) is 17.6. The van der Waals surface area contributed by atoms with Crippen LogP contribution < -0.4 is 0 Å². The van der Waals surface area contributed by atoms with E-state index in [-0.39, 0.29) is 0 Å². The molecule has 0 bridgehead atoms. The van der Waals surface area contributed by atoms with E-state index < -0.39 is 0 Å². The van der Waals surface area contributed by atoms with E-state index in [1.54, 1.807) is 8.52 Å². The van der Waals surface area contributed by atoms with Crippen molar-refractivity contribution in [3.63, 3.8) is 0 Å². The van der Waals surface area contributed by atoms with Crippen molar-refractivity contribution in [2.75, 3.05) is 0 Å². The molecule has 0 saturated heterocycles. The molecule has 0 radical (unpaired) electrons. The van der Waals surface area contributed by atoms with Crippen molar-refractivity contribution in [2.45, 2.75) is 0 Å². The van der Waals surface area contributed by atoms with Gasteiger partial charge in [0.05, 0.1) is 0 Å². The Kier molecular flexibility index (Phi) is 1.80. The first-order valence-corrected chi connectivity index (χ1v) is 7.75. The molecule has 16 heavy (non-hydrogen) atoms. The van der Waals surface area contributed by atoms with Gasteiger partial charge in [0.15, 0.2) is 0 Å². The van der Waals surface area contributed by atoms with E-state index in [1.807, 2.05) is 11.3 Å². The number of hydrogen-bond donors (Lipinski definition) is 0. The fourth-order valence-corrected chi connectivity index (χ4v) is 6.45. The van der Waals surface area contributed by atoms with Crippen molar-refractivity contribution in [3.05, 3.63) is 48.5 Å². The molecule has 2 heteroatoms. The van der Waals surface area contributed by atoms with Gasteiger partial charge in [-0.1, -0.05) is 0 Å². The average molecular weight is 287 g/mol. The van der Waals surface area contributed by atoms with Crippen LogP contribution in [0.15, 0.2) is 48.5 Å². The molecule has 0 fully saturated rings. The van der Waals surface area contributed by atoms with Gasteiger partial charge in [-0.2, -0.15) is 0 Å². The molecule has 4 aromatic rings. The first kappa shape index (κ1) is 9.00. The fraction of sp³-hybridized carbons (Fsp3) is 0. The Balaban J connectivity index is 2.35. The first-order chi connectivity index (χ1) is 7.93. The second-order valence-corrected chi connectivity index (χ2v) is 7.11. The quantitative estimate of drug-likeness (QED) is 0.424. The maximum atomic E-state index is 2.27. The summed E-state index contributed by atoms with van der Waals surface area (Å²) in [5.74, 6) is 0. The molecule has 0 aliphatic heterocycles. The summed E-state index contributed by atoms with van der Waals surface area (Å²) in [5, 5.41) is 2.94. The van der Waals surface area contributed by atoms with Crippen molar-refractivity contribution < 1.29 is 0 Å². The van der Waals surface area contributed by atoms with Crippen LogP contribution in [0, 0.1) is 0 Å². The molecular weight excluding hydrogens is 279 g/mol. The van der Waals surface area contributed by atoms with E-state index in [0.29, 0.717) is 14.5 Å². The molecule has 76 valence electrons. The Labute approximate surface area is 103 Å². The molecule has 4 rings (SSSR count). The average Bonchev–Trinajstić information content (AvgIpc) is 2.85. The maximum absolute atomic E-state index is 2.27. The number of hydrogen-bond acceptors (Lipinski definition) is 1. The third-order valence-electron chi connectivity index (χ3n) is 2.89. The molecule has 0 aliphatic carbocycles. The van der Waals surface area contributed by atoms with Gasteiger partial charge in [0.2, 0.25) is 0 Å². The molecule has 0 amide bonds. The van der Waals surface area contributed by atoms with Gasteiger partial charge in [-0.25, -0.2) is 0 Å². The zero-order valence-corrected chi connectivity index (χ0v) is 11.0. The van der Waals surface area contributed by atoms with Crippen molar-refractivity contribution in [1.29, 1.82) is 0 Å². The monoisotopic (exact) mass is 288 g/mol. The number of benzene rings is 2. The van der Waals surface area contributed by atoms with Crippen LogP contribution >= 0.6 is 11.3 Å². The van der Waals surface area contributed by atoms with E-state index in [4.69, 9.17) is 0 Å². The summed E-state index contributed by atoms with van der Waals surface area (Å²) in [4.78, 5) is 0. The Hall–Kier alpha value is -1.08. The van der Waals surface area contributed by atoms with E-state index in [2.05, 4.69) is 48.5 Å². The van der Waals surface area contributed by atoms with Gasteiger partial charge in [-0.15, -0.1) is 0 Å². The van der Waals surface area contributed by atoms with Crippen LogP contribution in [0.1, 0.15) is 0 Å². The van der Waals surface area contributed by atoms with Crippen LogP contribution in [-0.2, 0) is 0 Å². The molecule has 0 N–H and O–H groups in total. The standard InChI is InChI=1S/C14H8SSe/c1-3-7-11-9(5-1)14-13(15-11)10-6-2-4-8-12(10)16-14/h1-8H. The summed E-state index contributed by atoms with van der Waals surface area (Å²) in [6.07, 6.45) is 0. The molecule has 0 aliphatic rings. The Morgan fingerprint density at radius 1 is 0.812 bits per heavy atom. The van der Waals surface area contributed by atoms with Crippen LogP contribution in [0.4, 0.5) is 0 Å². The van der Waals surface area contributed by atoms with E-state index in [0.717, 1.165) is 0 Å². The molecular formula is C14H8SSe. The summed E-state index contributed by atoms with van der Waals surface area (Å²) in [5.41, 5.74) is 0. The number of fused-ring (bicyclic) bond motifs is 5. The van der Waals surface area contributed by atoms with Gasteiger partial charge >= 0.3 is 103 Å². The minimum absolute atomic E-state index is 0.505. The molecule has 2 aromatic heterocycles. The van der Waals surface area contributed by atoms with Crippen LogP contribution in [0.3, 0.4) is 0 Å². The predicted molar refractivity (Wildman–Crippen MR) is 73.8 cm³/mol. The van der Waals surface area contributed by atoms with Crippen LogP contribution in [0.2, 0.25) is 0 Å². The van der Waals surface area contributed by atoms with Crippen LogP contribution in [0.5, 0.6) is 0 Å². The van der Waals surface area contributed by atoms with Gasteiger partial charge in [0, 0.05) is 0 Å². The zero-order chi connectivity index (χ0) is 10.5. The fourth-order valence-electron chi connectivity index (χ4n) is 2.15. The molecule has 0 spiro atoms. The van der Waals surface area contributed by atoms with Gasteiger partial charge in [-0.05, 0) is 0 Å². The van der Waals surface area contributed by atoms with E-state index in [1.165, 1.54) is 20.2 Å². The predicted octanol–water partition coefficient (Wildman–Crippen LogP) is 4.26. The van der Waals surface area contributed by atoms with Gasteiger partial charge in [-0.3, -0.25) is 0 Å². The normalized spacial score (nSPS) is 11.8. The third-order valence-corrected chi connectivity index (χ3v) is 6.92. The van der Waals surface area contributed by atoms with Crippen molar-refractivity contribution in [3.8, 4) is 0 Å².